The van der Waals surface area contributed by atoms with Gasteiger partial charge in [0, 0.05) is 18.2 Å². The van der Waals surface area contributed by atoms with Crippen molar-refractivity contribution in [2.24, 2.45) is 0 Å². The maximum absolute atomic E-state index is 4.38. The number of allylic oxidation sites excluding steroid dienone is 1. The molecule has 0 amide bonds. The summed E-state index contributed by atoms with van der Waals surface area (Å²) in [5.74, 6) is 2.69. The molecule has 1 aromatic heterocycles. The normalized spacial score (nSPS) is 14.4. The van der Waals surface area contributed by atoms with Gasteiger partial charge in [-0.1, -0.05) is 42.1 Å². The maximum atomic E-state index is 4.38. The standard InChI is InChI=1S/C16H19N3S/c1-3-10-19-15(13-8-9-13)17-18-16(19)20-11-14-7-5-4-6-12(14)2/h3-7,13H,1,8-11H2,2H3. The van der Waals surface area contributed by atoms with Crippen molar-refractivity contribution in [1.82, 2.24) is 14.8 Å². The Bertz CT molecular complexity index is 614. The monoisotopic (exact) mass is 285 g/mol. The smallest absolute Gasteiger partial charge is 0.191 e. The summed E-state index contributed by atoms with van der Waals surface area (Å²) in [5, 5.41) is 9.75. The van der Waals surface area contributed by atoms with Gasteiger partial charge in [0.15, 0.2) is 5.16 Å². The minimum absolute atomic E-state index is 0.621. The third kappa shape index (κ3) is 2.80. The van der Waals surface area contributed by atoms with Gasteiger partial charge in [-0.05, 0) is 30.9 Å². The van der Waals surface area contributed by atoms with Crippen molar-refractivity contribution >= 4 is 11.8 Å². The second-order valence-corrected chi connectivity index (χ2v) is 6.17. The average Bonchev–Trinajstić information content (AvgIpc) is 3.22. The molecule has 104 valence electrons. The van der Waals surface area contributed by atoms with E-state index in [1.54, 1.807) is 11.8 Å². The van der Waals surface area contributed by atoms with Crippen LogP contribution in [0, 0.1) is 6.92 Å². The van der Waals surface area contributed by atoms with E-state index in [1.807, 2.05) is 6.08 Å². The molecule has 20 heavy (non-hydrogen) atoms. The molecular formula is C16H19N3S. The number of nitrogens with zero attached hydrogens (tertiary/aromatic N) is 3. The van der Waals surface area contributed by atoms with Crippen LogP contribution < -0.4 is 0 Å². The lowest BCUT2D eigenvalue weighted by Crippen LogP contribution is -2.02. The summed E-state index contributed by atoms with van der Waals surface area (Å²) in [6.45, 7) is 6.80. The summed E-state index contributed by atoms with van der Waals surface area (Å²) >= 11 is 1.76. The average molecular weight is 285 g/mol. The lowest BCUT2D eigenvalue weighted by Gasteiger charge is -2.08. The molecule has 0 saturated heterocycles. The Kier molecular flexibility index (Phi) is 3.92. The van der Waals surface area contributed by atoms with Crippen molar-refractivity contribution in [2.75, 3.05) is 0 Å². The predicted octanol–water partition coefficient (Wildman–Crippen LogP) is 3.94. The number of hydrogen-bond donors (Lipinski definition) is 0. The van der Waals surface area contributed by atoms with Crippen LogP contribution in [0.2, 0.25) is 0 Å². The van der Waals surface area contributed by atoms with Crippen LogP contribution in [0.1, 0.15) is 35.7 Å². The highest BCUT2D eigenvalue weighted by atomic mass is 32.2. The summed E-state index contributed by atoms with van der Waals surface area (Å²) in [7, 11) is 0. The van der Waals surface area contributed by atoms with E-state index < -0.39 is 0 Å². The SMILES string of the molecule is C=CCn1c(SCc2ccccc2C)nnc1C1CC1. The molecule has 3 rings (SSSR count). The second kappa shape index (κ2) is 5.83. The molecule has 1 heterocycles. The minimum atomic E-state index is 0.621. The summed E-state index contributed by atoms with van der Waals surface area (Å²) in [6, 6.07) is 8.50. The Morgan fingerprint density at radius 1 is 1.35 bits per heavy atom. The Balaban J connectivity index is 1.77. The summed E-state index contributed by atoms with van der Waals surface area (Å²) in [6.07, 6.45) is 4.42. The highest BCUT2D eigenvalue weighted by Gasteiger charge is 2.30. The molecule has 0 atom stereocenters. The van der Waals surface area contributed by atoms with Crippen LogP contribution >= 0.6 is 11.8 Å². The highest BCUT2D eigenvalue weighted by molar-refractivity contribution is 7.98. The molecule has 4 heteroatoms. The van der Waals surface area contributed by atoms with E-state index in [0.29, 0.717) is 5.92 Å². The minimum Gasteiger partial charge on any atom is -0.302 e. The van der Waals surface area contributed by atoms with Crippen LogP contribution in [0.5, 0.6) is 0 Å². The van der Waals surface area contributed by atoms with Crippen molar-refractivity contribution in [2.45, 2.75) is 43.1 Å². The number of aromatic nitrogens is 3. The molecule has 1 aromatic carbocycles. The van der Waals surface area contributed by atoms with E-state index in [2.05, 4.69) is 52.5 Å². The van der Waals surface area contributed by atoms with Gasteiger partial charge < -0.3 is 4.57 Å². The van der Waals surface area contributed by atoms with Crippen LogP contribution in [-0.4, -0.2) is 14.8 Å². The van der Waals surface area contributed by atoms with Gasteiger partial charge in [0.1, 0.15) is 5.82 Å². The van der Waals surface area contributed by atoms with Crippen molar-refractivity contribution in [3.05, 3.63) is 53.9 Å². The largest absolute Gasteiger partial charge is 0.302 e. The number of thioether (sulfide) groups is 1. The van der Waals surface area contributed by atoms with E-state index in [0.717, 1.165) is 23.3 Å². The van der Waals surface area contributed by atoms with Gasteiger partial charge in [0.05, 0.1) is 0 Å². The molecule has 0 spiro atoms. The number of benzene rings is 1. The molecule has 1 aliphatic carbocycles. The number of aryl methyl sites for hydroxylation is 1. The third-order valence-corrected chi connectivity index (χ3v) is 4.63. The van der Waals surface area contributed by atoms with Gasteiger partial charge >= 0.3 is 0 Å². The number of hydrogen-bond acceptors (Lipinski definition) is 3. The first-order valence-electron chi connectivity index (χ1n) is 7.01. The summed E-state index contributed by atoms with van der Waals surface area (Å²) in [4.78, 5) is 0. The molecule has 3 nitrogen and oxygen atoms in total. The molecule has 0 unspecified atom stereocenters. The molecule has 0 radical (unpaired) electrons. The fourth-order valence-corrected chi connectivity index (χ4v) is 3.30. The van der Waals surface area contributed by atoms with E-state index in [4.69, 9.17) is 0 Å². The Labute approximate surface area is 124 Å². The topological polar surface area (TPSA) is 30.7 Å². The van der Waals surface area contributed by atoms with Gasteiger partial charge in [0.25, 0.3) is 0 Å². The zero-order valence-electron chi connectivity index (χ0n) is 11.7. The highest BCUT2D eigenvalue weighted by Crippen LogP contribution is 2.40. The first-order chi connectivity index (χ1) is 9.79. The third-order valence-electron chi connectivity index (χ3n) is 3.62. The molecule has 0 N–H and O–H groups in total. The second-order valence-electron chi connectivity index (χ2n) is 5.23. The van der Waals surface area contributed by atoms with Crippen LogP contribution in [0.4, 0.5) is 0 Å². The van der Waals surface area contributed by atoms with Gasteiger partial charge in [-0.2, -0.15) is 0 Å². The predicted molar refractivity (Wildman–Crippen MR) is 82.9 cm³/mol. The first-order valence-corrected chi connectivity index (χ1v) is 7.99. The molecule has 1 aliphatic rings. The first kappa shape index (κ1) is 13.4. The Morgan fingerprint density at radius 2 is 2.15 bits per heavy atom. The molecule has 0 aliphatic heterocycles. The zero-order chi connectivity index (χ0) is 13.9. The van der Waals surface area contributed by atoms with Crippen molar-refractivity contribution in [3.63, 3.8) is 0 Å². The maximum Gasteiger partial charge on any atom is 0.191 e. The molecule has 1 saturated carbocycles. The van der Waals surface area contributed by atoms with Crippen molar-refractivity contribution < 1.29 is 0 Å². The Morgan fingerprint density at radius 3 is 2.85 bits per heavy atom. The van der Waals surface area contributed by atoms with Gasteiger partial charge in [-0.25, -0.2) is 0 Å². The van der Waals surface area contributed by atoms with Gasteiger partial charge in [0.2, 0.25) is 0 Å². The van der Waals surface area contributed by atoms with Crippen LogP contribution in [0.25, 0.3) is 0 Å². The van der Waals surface area contributed by atoms with E-state index in [-0.39, 0.29) is 0 Å². The molecule has 2 aromatic rings. The van der Waals surface area contributed by atoms with Gasteiger partial charge in [-0.3, -0.25) is 0 Å². The quantitative estimate of drug-likeness (QED) is 0.595. The zero-order valence-corrected chi connectivity index (χ0v) is 12.6. The molecular weight excluding hydrogens is 266 g/mol. The number of rotatable bonds is 6. The van der Waals surface area contributed by atoms with Gasteiger partial charge in [-0.15, -0.1) is 16.8 Å². The van der Waals surface area contributed by atoms with E-state index >= 15 is 0 Å². The van der Waals surface area contributed by atoms with E-state index in [9.17, 15) is 0 Å². The van der Waals surface area contributed by atoms with Crippen LogP contribution in [-0.2, 0) is 12.3 Å². The molecule has 1 fully saturated rings. The fraction of sp³-hybridized carbons (Fsp3) is 0.375. The van der Waals surface area contributed by atoms with E-state index in [1.165, 1.54) is 24.0 Å². The Hall–Kier alpha value is -1.55. The lowest BCUT2D eigenvalue weighted by molar-refractivity contribution is 0.681. The van der Waals surface area contributed by atoms with Crippen LogP contribution in [0.15, 0.2) is 42.1 Å². The summed E-state index contributed by atoms with van der Waals surface area (Å²) < 4.78 is 2.22. The van der Waals surface area contributed by atoms with Crippen LogP contribution in [0.3, 0.4) is 0 Å². The molecule has 0 bridgehead atoms. The van der Waals surface area contributed by atoms with Crippen molar-refractivity contribution in [3.8, 4) is 0 Å². The summed E-state index contributed by atoms with van der Waals surface area (Å²) in [5.41, 5.74) is 2.69. The van der Waals surface area contributed by atoms with Crippen molar-refractivity contribution in [1.29, 1.82) is 0 Å². The lowest BCUT2D eigenvalue weighted by atomic mass is 10.1. The fourth-order valence-electron chi connectivity index (χ4n) is 2.27.